The minimum Gasteiger partial charge on any atom is -0.382 e. The van der Waals surface area contributed by atoms with Gasteiger partial charge in [-0.05, 0) is 29.8 Å². The molecule has 2 aromatic carbocycles. The molecule has 28 heavy (non-hydrogen) atoms. The first-order valence-electron chi connectivity index (χ1n) is 7.58. The van der Waals surface area contributed by atoms with E-state index in [1.165, 1.54) is 24.5 Å². The number of halogens is 4. The van der Waals surface area contributed by atoms with Gasteiger partial charge in [-0.2, -0.15) is 13.2 Å². The molecule has 146 valence electrons. The van der Waals surface area contributed by atoms with E-state index in [0.717, 1.165) is 12.1 Å². The lowest BCUT2D eigenvalue weighted by Crippen LogP contribution is -2.15. The van der Waals surface area contributed by atoms with E-state index < -0.39 is 32.5 Å². The number of anilines is 1. The molecule has 0 aliphatic carbocycles. The summed E-state index contributed by atoms with van der Waals surface area (Å²) in [6, 6.07) is 5.66. The monoisotopic (exact) mass is 412 g/mol. The van der Waals surface area contributed by atoms with Gasteiger partial charge in [-0.25, -0.2) is 22.9 Å². The van der Waals surface area contributed by atoms with Gasteiger partial charge in [0.2, 0.25) is 10.0 Å². The Kier molecular flexibility index (Phi) is 4.81. The number of aromatic nitrogens is 2. The Morgan fingerprint density at radius 3 is 2.14 bits per heavy atom. The second-order valence-corrected chi connectivity index (χ2v) is 7.30. The van der Waals surface area contributed by atoms with Crippen LogP contribution in [0.4, 0.5) is 23.4 Å². The van der Waals surface area contributed by atoms with E-state index in [1.807, 2.05) is 0 Å². The lowest BCUT2D eigenvalue weighted by Gasteiger charge is -2.13. The average molecular weight is 412 g/mol. The minimum absolute atomic E-state index is 0.0300. The first-order valence-corrected chi connectivity index (χ1v) is 9.13. The van der Waals surface area contributed by atoms with Crippen LogP contribution in [0.3, 0.4) is 0 Å². The predicted octanol–water partition coefficient (Wildman–Crippen LogP) is 3.20. The van der Waals surface area contributed by atoms with E-state index in [2.05, 4.69) is 9.97 Å². The highest BCUT2D eigenvalue weighted by atomic mass is 32.2. The second kappa shape index (κ2) is 6.84. The molecule has 0 saturated carbocycles. The highest BCUT2D eigenvalue weighted by molar-refractivity contribution is 7.89. The largest absolute Gasteiger partial charge is 0.416 e. The Morgan fingerprint density at radius 2 is 1.61 bits per heavy atom. The summed E-state index contributed by atoms with van der Waals surface area (Å²) in [7, 11) is -4.50. The molecule has 4 N–H and O–H groups in total. The van der Waals surface area contributed by atoms with Gasteiger partial charge in [-0.1, -0.05) is 12.1 Å². The van der Waals surface area contributed by atoms with Crippen molar-refractivity contribution < 1.29 is 26.0 Å². The Balaban J connectivity index is 2.13. The fourth-order valence-corrected chi connectivity index (χ4v) is 3.32. The Morgan fingerprint density at radius 1 is 0.929 bits per heavy atom. The molecule has 0 amide bonds. The van der Waals surface area contributed by atoms with Crippen molar-refractivity contribution in [1.82, 2.24) is 9.97 Å². The SMILES string of the molecule is Nc1cnc(-c2ccc(-c3ccc(C(F)(F)F)cc3S(N)(=O)=O)cc2F)cn1. The van der Waals surface area contributed by atoms with Gasteiger partial charge >= 0.3 is 6.18 Å². The van der Waals surface area contributed by atoms with Crippen molar-refractivity contribution in [2.24, 2.45) is 5.14 Å². The van der Waals surface area contributed by atoms with Crippen molar-refractivity contribution in [3.05, 3.63) is 60.2 Å². The number of nitrogens with zero attached hydrogens (tertiary/aromatic N) is 2. The minimum atomic E-state index is -4.76. The van der Waals surface area contributed by atoms with Crippen molar-refractivity contribution in [3.8, 4) is 22.4 Å². The zero-order chi connectivity index (χ0) is 20.7. The van der Waals surface area contributed by atoms with Gasteiger partial charge < -0.3 is 5.73 Å². The summed E-state index contributed by atoms with van der Waals surface area (Å²) < 4.78 is 76.9. The fourth-order valence-electron chi connectivity index (χ4n) is 2.54. The van der Waals surface area contributed by atoms with E-state index in [0.29, 0.717) is 12.1 Å². The quantitative estimate of drug-likeness (QED) is 0.642. The smallest absolute Gasteiger partial charge is 0.382 e. The van der Waals surface area contributed by atoms with Crippen LogP contribution in [0.25, 0.3) is 22.4 Å². The first kappa shape index (κ1) is 19.7. The maximum absolute atomic E-state index is 14.6. The van der Waals surface area contributed by atoms with Crippen molar-refractivity contribution >= 4 is 15.8 Å². The van der Waals surface area contributed by atoms with Gasteiger partial charge in [0.1, 0.15) is 11.6 Å². The summed E-state index contributed by atoms with van der Waals surface area (Å²) in [6.45, 7) is 0. The normalized spacial score (nSPS) is 12.2. The number of hydrogen-bond donors (Lipinski definition) is 2. The van der Waals surface area contributed by atoms with Crippen LogP contribution in [0.5, 0.6) is 0 Å². The average Bonchev–Trinajstić information content (AvgIpc) is 2.60. The Labute approximate surface area is 156 Å². The number of hydrogen-bond acceptors (Lipinski definition) is 5. The number of sulfonamides is 1. The van der Waals surface area contributed by atoms with Crippen LogP contribution < -0.4 is 10.9 Å². The number of nitrogens with two attached hydrogens (primary N) is 2. The topological polar surface area (TPSA) is 112 Å². The third-order valence-electron chi connectivity index (χ3n) is 3.84. The number of nitrogen functional groups attached to an aromatic ring is 1. The molecule has 0 radical (unpaired) electrons. The van der Waals surface area contributed by atoms with E-state index >= 15 is 0 Å². The molecule has 1 heterocycles. The van der Waals surface area contributed by atoms with Crippen molar-refractivity contribution in [2.75, 3.05) is 5.73 Å². The van der Waals surface area contributed by atoms with Crippen molar-refractivity contribution in [1.29, 1.82) is 0 Å². The number of primary sulfonamides is 1. The summed E-state index contributed by atoms with van der Waals surface area (Å²) in [6.07, 6.45) is -2.28. The van der Waals surface area contributed by atoms with Gasteiger partial charge in [0.25, 0.3) is 0 Å². The molecule has 0 spiro atoms. The van der Waals surface area contributed by atoms with E-state index in [1.54, 1.807) is 0 Å². The molecule has 0 unspecified atom stereocenters. The van der Waals surface area contributed by atoms with Gasteiger partial charge in [-0.15, -0.1) is 0 Å². The maximum Gasteiger partial charge on any atom is 0.416 e. The van der Waals surface area contributed by atoms with E-state index in [9.17, 15) is 26.0 Å². The van der Waals surface area contributed by atoms with Crippen LogP contribution in [-0.2, 0) is 16.2 Å². The van der Waals surface area contributed by atoms with Gasteiger partial charge in [0, 0.05) is 11.1 Å². The Bertz CT molecular complexity index is 1150. The maximum atomic E-state index is 14.6. The number of rotatable bonds is 3. The molecule has 1 aromatic heterocycles. The van der Waals surface area contributed by atoms with Crippen LogP contribution in [0.15, 0.2) is 53.7 Å². The number of alkyl halides is 3. The van der Waals surface area contributed by atoms with Gasteiger partial charge in [0.15, 0.2) is 0 Å². The summed E-state index contributed by atoms with van der Waals surface area (Å²) >= 11 is 0. The van der Waals surface area contributed by atoms with E-state index in [4.69, 9.17) is 10.9 Å². The molecule has 3 rings (SSSR count). The van der Waals surface area contributed by atoms with Crippen LogP contribution in [0.2, 0.25) is 0 Å². The standard InChI is InChI=1S/C17H12F4N4O2S/c18-13-5-9(1-3-12(13)14-7-25-16(22)8-24-14)11-4-2-10(17(19,20)21)6-15(11)28(23,26)27/h1-8H,(H2,22,25)(H2,23,26,27). The molecule has 3 aromatic rings. The fraction of sp³-hybridized carbons (Fsp3) is 0.0588. The van der Waals surface area contributed by atoms with Crippen molar-refractivity contribution in [2.45, 2.75) is 11.1 Å². The molecule has 6 nitrogen and oxygen atoms in total. The van der Waals surface area contributed by atoms with E-state index in [-0.39, 0.29) is 28.2 Å². The van der Waals surface area contributed by atoms with Crippen LogP contribution in [-0.4, -0.2) is 18.4 Å². The zero-order valence-corrected chi connectivity index (χ0v) is 14.7. The highest BCUT2D eigenvalue weighted by Gasteiger charge is 2.32. The molecule has 0 aliphatic heterocycles. The molecular formula is C17H12F4N4O2S. The summed E-state index contributed by atoms with van der Waals surface area (Å²) in [4.78, 5) is 6.98. The van der Waals surface area contributed by atoms with Crippen molar-refractivity contribution in [3.63, 3.8) is 0 Å². The molecule has 0 fully saturated rings. The Hall–Kier alpha value is -3.05. The molecule has 11 heteroatoms. The third-order valence-corrected chi connectivity index (χ3v) is 4.79. The summed E-state index contributed by atoms with van der Waals surface area (Å²) in [5, 5.41) is 5.06. The molecule has 0 atom stereocenters. The summed E-state index contributed by atoms with van der Waals surface area (Å²) in [5.74, 6) is -0.639. The first-order chi connectivity index (χ1) is 13.0. The zero-order valence-electron chi connectivity index (χ0n) is 13.9. The van der Waals surface area contributed by atoms with Gasteiger partial charge in [0.05, 0.1) is 28.5 Å². The van der Waals surface area contributed by atoms with Gasteiger partial charge in [-0.3, -0.25) is 4.98 Å². The highest BCUT2D eigenvalue weighted by Crippen LogP contribution is 2.36. The molecule has 0 saturated heterocycles. The number of benzene rings is 2. The lowest BCUT2D eigenvalue weighted by molar-refractivity contribution is -0.137. The predicted molar refractivity (Wildman–Crippen MR) is 93.6 cm³/mol. The second-order valence-electron chi connectivity index (χ2n) is 5.77. The van der Waals surface area contributed by atoms with Crippen LogP contribution in [0, 0.1) is 5.82 Å². The third kappa shape index (κ3) is 3.94. The van der Waals surface area contributed by atoms with Crippen LogP contribution in [0.1, 0.15) is 5.56 Å². The lowest BCUT2D eigenvalue weighted by atomic mass is 10.0. The molecular weight excluding hydrogens is 400 g/mol. The summed E-state index contributed by atoms with van der Waals surface area (Å²) in [5.41, 5.74) is 4.34. The molecule has 0 aliphatic rings. The molecule has 0 bridgehead atoms. The van der Waals surface area contributed by atoms with Crippen LogP contribution >= 0.6 is 0 Å².